The molecule has 1 spiro atoms. The van der Waals surface area contributed by atoms with E-state index in [0.29, 0.717) is 31.6 Å². The van der Waals surface area contributed by atoms with Crippen LogP contribution in [0.25, 0.3) is 0 Å². The normalized spacial score (nSPS) is 18.9. The number of benzene rings is 2. The number of para-hydroxylation sites is 1. The first kappa shape index (κ1) is 25.3. The molecule has 0 saturated carbocycles. The zero-order valence-corrected chi connectivity index (χ0v) is 20.2. The molecular formula is C24H27F3N2O5S. The van der Waals surface area contributed by atoms with Gasteiger partial charge in [0.15, 0.2) is 0 Å². The van der Waals surface area contributed by atoms with Gasteiger partial charge in [0, 0.05) is 25.3 Å². The largest absolute Gasteiger partial charge is 0.573 e. The number of anilines is 1. The van der Waals surface area contributed by atoms with Gasteiger partial charge in [0.2, 0.25) is 15.9 Å². The number of nitrogens with zero attached hydrogens (tertiary/aromatic N) is 2. The van der Waals surface area contributed by atoms with Gasteiger partial charge in [-0.1, -0.05) is 12.1 Å². The lowest BCUT2D eigenvalue weighted by molar-refractivity contribution is -0.275. The lowest BCUT2D eigenvalue weighted by Gasteiger charge is -2.37. The van der Waals surface area contributed by atoms with Crippen LogP contribution in [0.1, 0.15) is 33.1 Å². The molecule has 0 aromatic heterocycles. The monoisotopic (exact) mass is 512 g/mol. The summed E-state index contributed by atoms with van der Waals surface area (Å²) in [4.78, 5) is 14.5. The zero-order chi connectivity index (χ0) is 25.4. The van der Waals surface area contributed by atoms with Crippen LogP contribution in [0.2, 0.25) is 0 Å². The molecule has 1 amide bonds. The predicted molar refractivity (Wildman–Crippen MR) is 123 cm³/mol. The summed E-state index contributed by atoms with van der Waals surface area (Å²) >= 11 is 0. The second-order valence-electron chi connectivity index (χ2n) is 9.05. The average Bonchev–Trinajstić information content (AvgIpc) is 3.09. The SMILES string of the molecule is CC(C)Oc1ccc(N2CCC3(CCN(S(=O)(=O)c4ccccc4OC(F)(F)F)CC3)C2=O)cc1. The van der Waals surface area contributed by atoms with Gasteiger partial charge in [0.1, 0.15) is 16.4 Å². The van der Waals surface area contributed by atoms with Gasteiger partial charge in [-0.3, -0.25) is 4.79 Å². The first-order valence-electron chi connectivity index (χ1n) is 11.3. The molecule has 7 nitrogen and oxygen atoms in total. The van der Waals surface area contributed by atoms with E-state index in [1.165, 1.54) is 12.1 Å². The minimum absolute atomic E-state index is 0.0312. The summed E-state index contributed by atoms with van der Waals surface area (Å²) in [5.74, 6) is -0.125. The number of rotatable bonds is 6. The topological polar surface area (TPSA) is 76.2 Å². The Balaban J connectivity index is 1.46. The fraction of sp³-hybridized carbons (Fsp3) is 0.458. The summed E-state index contributed by atoms with van der Waals surface area (Å²) in [6, 6.07) is 12.0. The van der Waals surface area contributed by atoms with E-state index in [1.54, 1.807) is 4.90 Å². The molecule has 0 radical (unpaired) electrons. The molecular weight excluding hydrogens is 485 g/mol. The number of hydrogen-bond acceptors (Lipinski definition) is 5. The van der Waals surface area contributed by atoms with Crippen LogP contribution in [-0.4, -0.2) is 50.7 Å². The van der Waals surface area contributed by atoms with Crippen LogP contribution in [0, 0.1) is 5.41 Å². The van der Waals surface area contributed by atoms with Crippen molar-refractivity contribution in [3.63, 3.8) is 0 Å². The molecule has 2 fully saturated rings. The van der Waals surface area contributed by atoms with Crippen molar-refractivity contribution in [1.82, 2.24) is 4.31 Å². The Morgan fingerprint density at radius 2 is 1.54 bits per heavy atom. The molecule has 2 saturated heterocycles. The van der Waals surface area contributed by atoms with Crippen molar-refractivity contribution < 1.29 is 35.9 Å². The van der Waals surface area contributed by atoms with Crippen LogP contribution in [0.15, 0.2) is 53.4 Å². The third-order valence-electron chi connectivity index (χ3n) is 6.41. The number of piperidine rings is 1. The van der Waals surface area contributed by atoms with E-state index < -0.39 is 32.4 Å². The number of sulfonamides is 1. The Hall–Kier alpha value is -2.79. The molecule has 2 aliphatic heterocycles. The van der Waals surface area contributed by atoms with Crippen LogP contribution in [0.4, 0.5) is 18.9 Å². The van der Waals surface area contributed by atoms with Crippen LogP contribution in [-0.2, 0) is 14.8 Å². The fourth-order valence-corrected chi connectivity index (χ4v) is 6.23. The van der Waals surface area contributed by atoms with Crippen molar-refractivity contribution in [2.24, 2.45) is 5.41 Å². The molecule has 2 heterocycles. The quantitative estimate of drug-likeness (QED) is 0.567. The molecule has 0 aliphatic carbocycles. The van der Waals surface area contributed by atoms with Crippen LogP contribution in [0.5, 0.6) is 11.5 Å². The molecule has 2 aliphatic rings. The molecule has 2 aromatic carbocycles. The zero-order valence-electron chi connectivity index (χ0n) is 19.4. The third-order valence-corrected chi connectivity index (χ3v) is 8.34. The van der Waals surface area contributed by atoms with Crippen LogP contribution >= 0.6 is 0 Å². The van der Waals surface area contributed by atoms with Crippen molar-refractivity contribution in [2.75, 3.05) is 24.5 Å². The molecule has 0 bridgehead atoms. The predicted octanol–water partition coefficient (Wildman–Crippen LogP) is 4.58. The van der Waals surface area contributed by atoms with Crippen LogP contribution < -0.4 is 14.4 Å². The van der Waals surface area contributed by atoms with Gasteiger partial charge in [-0.25, -0.2) is 8.42 Å². The Kier molecular flexibility index (Phi) is 6.76. The number of amides is 1. The molecule has 35 heavy (non-hydrogen) atoms. The standard InChI is InChI=1S/C24H27F3N2O5S/c1-17(2)33-19-9-7-18(8-10-19)29-16-13-23(22(29)30)11-14-28(15-12-23)35(31,32)21-6-4-3-5-20(21)34-24(25,26)27/h3-10,17H,11-16H2,1-2H3. The number of carbonyl (C=O) groups is 1. The fourth-order valence-electron chi connectivity index (χ4n) is 4.67. The maximum absolute atomic E-state index is 13.4. The van der Waals surface area contributed by atoms with Gasteiger partial charge in [0.05, 0.1) is 11.5 Å². The molecule has 11 heteroatoms. The van der Waals surface area contributed by atoms with E-state index >= 15 is 0 Å². The highest BCUT2D eigenvalue weighted by Crippen LogP contribution is 2.44. The number of ether oxygens (including phenoxy) is 2. The van der Waals surface area contributed by atoms with Gasteiger partial charge in [-0.15, -0.1) is 13.2 Å². The number of halogens is 3. The second-order valence-corrected chi connectivity index (χ2v) is 11.0. The molecule has 2 aromatic rings. The summed E-state index contributed by atoms with van der Waals surface area (Å²) in [7, 11) is -4.24. The van der Waals surface area contributed by atoms with Crippen molar-refractivity contribution in [3.8, 4) is 11.5 Å². The Morgan fingerprint density at radius 1 is 0.943 bits per heavy atom. The van der Waals surface area contributed by atoms with Crippen LogP contribution in [0.3, 0.4) is 0 Å². The van der Waals surface area contributed by atoms with Crippen molar-refractivity contribution in [3.05, 3.63) is 48.5 Å². The number of alkyl halides is 3. The second kappa shape index (κ2) is 9.34. The smallest absolute Gasteiger partial charge is 0.491 e. The number of hydrogen-bond donors (Lipinski definition) is 0. The Bertz CT molecular complexity index is 1170. The molecule has 4 rings (SSSR count). The van der Waals surface area contributed by atoms with E-state index in [9.17, 15) is 26.4 Å². The Labute approximate surface area is 202 Å². The molecule has 0 N–H and O–H groups in total. The summed E-state index contributed by atoms with van der Waals surface area (Å²) in [6.07, 6.45) is -3.82. The lowest BCUT2D eigenvalue weighted by atomic mass is 9.77. The summed E-state index contributed by atoms with van der Waals surface area (Å²) in [5.41, 5.74) is 0.0532. The maximum Gasteiger partial charge on any atom is 0.573 e. The van der Waals surface area contributed by atoms with E-state index in [4.69, 9.17) is 4.74 Å². The first-order valence-corrected chi connectivity index (χ1v) is 12.8. The van der Waals surface area contributed by atoms with Gasteiger partial charge in [-0.05, 0) is 69.5 Å². The minimum Gasteiger partial charge on any atom is -0.491 e. The summed E-state index contributed by atoms with van der Waals surface area (Å²) < 4.78 is 75.3. The minimum atomic E-state index is -5.02. The van der Waals surface area contributed by atoms with Crippen molar-refractivity contribution >= 4 is 21.6 Å². The van der Waals surface area contributed by atoms with E-state index in [0.717, 1.165) is 22.1 Å². The maximum atomic E-state index is 13.4. The highest BCUT2D eigenvalue weighted by molar-refractivity contribution is 7.89. The summed E-state index contributed by atoms with van der Waals surface area (Å²) in [5, 5.41) is 0. The van der Waals surface area contributed by atoms with Gasteiger partial charge in [0.25, 0.3) is 0 Å². The molecule has 190 valence electrons. The first-order chi connectivity index (χ1) is 16.4. The van der Waals surface area contributed by atoms with Gasteiger partial charge >= 0.3 is 6.36 Å². The highest BCUT2D eigenvalue weighted by Gasteiger charge is 2.50. The van der Waals surface area contributed by atoms with E-state index in [-0.39, 0.29) is 25.1 Å². The van der Waals surface area contributed by atoms with Crippen molar-refractivity contribution in [2.45, 2.75) is 50.5 Å². The summed E-state index contributed by atoms with van der Waals surface area (Å²) in [6.45, 7) is 4.43. The Morgan fingerprint density at radius 3 is 2.14 bits per heavy atom. The molecule has 0 unspecified atom stereocenters. The average molecular weight is 513 g/mol. The van der Waals surface area contributed by atoms with E-state index in [1.807, 2.05) is 38.1 Å². The lowest BCUT2D eigenvalue weighted by Crippen LogP contribution is -2.46. The number of carbonyl (C=O) groups excluding carboxylic acids is 1. The third kappa shape index (κ3) is 5.25. The van der Waals surface area contributed by atoms with Gasteiger partial charge < -0.3 is 14.4 Å². The highest BCUT2D eigenvalue weighted by atomic mass is 32.2. The van der Waals surface area contributed by atoms with E-state index in [2.05, 4.69) is 4.74 Å². The van der Waals surface area contributed by atoms with Gasteiger partial charge in [-0.2, -0.15) is 4.31 Å². The molecule has 0 atom stereocenters. The van der Waals surface area contributed by atoms with Crippen molar-refractivity contribution in [1.29, 1.82) is 0 Å².